The summed E-state index contributed by atoms with van der Waals surface area (Å²) in [4.78, 5) is 10.5. The molecular formula is C6H13O5P. The number of carboxylic acids is 1. The van der Waals surface area contributed by atoms with E-state index in [2.05, 4.69) is 4.52 Å². The van der Waals surface area contributed by atoms with Crippen molar-refractivity contribution in [2.45, 2.75) is 19.4 Å². The largest absolute Gasteiger partial charge is 0.479 e. The van der Waals surface area contributed by atoms with Crippen molar-refractivity contribution >= 4 is 13.6 Å². The predicted octanol–water partition coefficient (Wildman–Crippen LogP) is 1.34. The van der Waals surface area contributed by atoms with E-state index in [1.165, 1.54) is 27.6 Å². The van der Waals surface area contributed by atoms with Crippen LogP contribution >= 0.6 is 7.60 Å². The first-order valence-corrected chi connectivity index (χ1v) is 5.27. The molecule has 0 aromatic carbocycles. The van der Waals surface area contributed by atoms with Gasteiger partial charge in [0.2, 0.25) is 0 Å². The Labute approximate surface area is 71.2 Å². The maximum absolute atomic E-state index is 11.2. The van der Waals surface area contributed by atoms with Crippen LogP contribution in [0.4, 0.5) is 0 Å². The van der Waals surface area contributed by atoms with Crippen molar-refractivity contribution in [2.24, 2.45) is 0 Å². The van der Waals surface area contributed by atoms with Crippen LogP contribution < -0.4 is 0 Å². The molecule has 0 aliphatic carbocycles. The quantitative estimate of drug-likeness (QED) is 0.686. The highest BCUT2D eigenvalue weighted by atomic mass is 31.2. The summed E-state index contributed by atoms with van der Waals surface area (Å²) in [7, 11) is -2.02. The molecule has 1 N–H and O–H groups in total. The fourth-order valence-electron chi connectivity index (χ4n) is 0.491. The molecular weight excluding hydrogens is 183 g/mol. The van der Waals surface area contributed by atoms with Gasteiger partial charge < -0.3 is 9.63 Å². The summed E-state index contributed by atoms with van der Waals surface area (Å²) in [6.07, 6.45) is 0. The van der Waals surface area contributed by atoms with Crippen molar-refractivity contribution in [1.82, 2.24) is 0 Å². The van der Waals surface area contributed by atoms with Crippen molar-refractivity contribution in [3.05, 3.63) is 0 Å². The lowest BCUT2D eigenvalue weighted by Gasteiger charge is -2.23. The maximum atomic E-state index is 11.2. The van der Waals surface area contributed by atoms with E-state index in [1.54, 1.807) is 0 Å². The van der Waals surface area contributed by atoms with Crippen LogP contribution in [0.15, 0.2) is 0 Å². The van der Waals surface area contributed by atoms with Crippen LogP contribution in [-0.2, 0) is 18.4 Å². The average molecular weight is 196 g/mol. The van der Waals surface area contributed by atoms with Gasteiger partial charge in [0, 0.05) is 13.8 Å². The first-order chi connectivity index (χ1) is 5.21. The van der Waals surface area contributed by atoms with Gasteiger partial charge in [-0.3, -0.25) is 9.09 Å². The monoisotopic (exact) mass is 196 g/mol. The molecule has 0 aliphatic rings. The summed E-state index contributed by atoms with van der Waals surface area (Å²) in [6, 6.07) is 0. The molecule has 0 fully saturated rings. The highest BCUT2D eigenvalue weighted by Crippen LogP contribution is 2.46. The number of carbonyl (C=O) groups is 1. The summed E-state index contributed by atoms with van der Waals surface area (Å²) in [5, 5.41) is 8.60. The lowest BCUT2D eigenvalue weighted by atomic mass is 10.1. The minimum atomic E-state index is -3.23. The zero-order valence-corrected chi connectivity index (χ0v) is 8.42. The van der Waals surface area contributed by atoms with Gasteiger partial charge in [0.25, 0.3) is 0 Å². The van der Waals surface area contributed by atoms with Crippen LogP contribution in [0, 0.1) is 0 Å². The van der Waals surface area contributed by atoms with Gasteiger partial charge >= 0.3 is 13.6 Å². The highest BCUT2D eigenvalue weighted by Gasteiger charge is 2.35. The molecule has 1 unspecified atom stereocenters. The summed E-state index contributed by atoms with van der Waals surface area (Å²) in [6.45, 7) is 3.84. The Hall–Kier alpha value is -0.380. The molecule has 0 aromatic rings. The Morgan fingerprint density at radius 3 is 2.17 bits per heavy atom. The van der Waals surface area contributed by atoms with Crippen molar-refractivity contribution in [3.63, 3.8) is 0 Å². The number of hydrogen-bond acceptors (Lipinski definition) is 4. The van der Waals surface area contributed by atoms with E-state index >= 15 is 0 Å². The zero-order chi connectivity index (χ0) is 9.99. The number of carboxylic acid groups (broad SMARTS) is 1. The molecule has 0 bridgehead atoms. The third kappa shape index (κ3) is 3.34. The Morgan fingerprint density at radius 2 is 1.92 bits per heavy atom. The minimum absolute atomic E-state index is 1.18. The minimum Gasteiger partial charge on any atom is -0.479 e. The van der Waals surface area contributed by atoms with E-state index < -0.39 is 19.2 Å². The highest BCUT2D eigenvalue weighted by molar-refractivity contribution is 7.53. The van der Waals surface area contributed by atoms with Crippen molar-refractivity contribution in [2.75, 3.05) is 13.8 Å². The van der Waals surface area contributed by atoms with Gasteiger partial charge in [-0.05, 0) is 13.8 Å². The molecule has 0 radical (unpaired) electrons. The normalized spacial score (nSPS) is 17.0. The van der Waals surface area contributed by atoms with E-state index in [9.17, 15) is 9.36 Å². The van der Waals surface area contributed by atoms with E-state index in [0.717, 1.165) is 0 Å². The standard InChI is InChI=1S/C6H13O5P/c1-6(2,5(7)8)11-12(4,9)10-3/h1-4H3,(H,7,8). The molecule has 0 spiro atoms. The molecule has 0 amide bonds. The lowest BCUT2D eigenvalue weighted by molar-refractivity contribution is -0.152. The number of rotatable bonds is 4. The van der Waals surface area contributed by atoms with E-state index in [1.807, 2.05) is 0 Å². The summed E-state index contributed by atoms with van der Waals surface area (Å²) >= 11 is 0. The summed E-state index contributed by atoms with van der Waals surface area (Å²) in [5.41, 5.74) is -1.49. The Bertz CT molecular complexity index is 222. The predicted molar refractivity (Wildman–Crippen MR) is 43.3 cm³/mol. The van der Waals surface area contributed by atoms with Gasteiger partial charge in [0.1, 0.15) is 0 Å². The number of aliphatic carboxylic acids is 1. The fraction of sp³-hybridized carbons (Fsp3) is 0.833. The molecule has 0 aromatic heterocycles. The molecule has 6 heteroatoms. The van der Waals surface area contributed by atoms with Crippen LogP contribution in [-0.4, -0.2) is 30.5 Å². The molecule has 5 nitrogen and oxygen atoms in total. The van der Waals surface area contributed by atoms with Gasteiger partial charge in [-0.15, -0.1) is 0 Å². The molecule has 0 rings (SSSR count). The summed E-state index contributed by atoms with van der Waals surface area (Å²) < 4.78 is 20.5. The average Bonchev–Trinajstić information content (AvgIpc) is 1.85. The smallest absolute Gasteiger partial charge is 0.335 e. The first-order valence-electron chi connectivity index (χ1n) is 3.29. The van der Waals surface area contributed by atoms with Crippen molar-refractivity contribution < 1.29 is 23.5 Å². The number of hydrogen-bond donors (Lipinski definition) is 1. The second-order valence-corrected chi connectivity index (χ2v) is 4.95. The van der Waals surface area contributed by atoms with Crippen LogP contribution in [0.2, 0.25) is 0 Å². The molecule has 0 aliphatic heterocycles. The molecule has 1 atom stereocenters. The molecule has 0 saturated carbocycles. The van der Waals surface area contributed by atoms with Crippen LogP contribution in [0.1, 0.15) is 13.8 Å². The molecule has 0 heterocycles. The Kier molecular flexibility index (Phi) is 3.45. The second kappa shape index (κ2) is 3.56. The molecule has 72 valence electrons. The first kappa shape index (κ1) is 11.6. The topological polar surface area (TPSA) is 72.8 Å². The van der Waals surface area contributed by atoms with Crippen molar-refractivity contribution in [1.29, 1.82) is 0 Å². The van der Waals surface area contributed by atoms with Gasteiger partial charge in [-0.2, -0.15) is 0 Å². The van der Waals surface area contributed by atoms with Crippen LogP contribution in [0.5, 0.6) is 0 Å². The Balaban J connectivity index is 4.45. The third-order valence-corrected chi connectivity index (χ3v) is 2.69. The van der Waals surface area contributed by atoms with E-state index in [4.69, 9.17) is 9.63 Å². The zero-order valence-electron chi connectivity index (χ0n) is 7.53. The van der Waals surface area contributed by atoms with Gasteiger partial charge in [0.05, 0.1) is 0 Å². The Morgan fingerprint density at radius 1 is 1.50 bits per heavy atom. The third-order valence-electron chi connectivity index (χ3n) is 1.24. The molecule has 0 saturated heterocycles. The van der Waals surface area contributed by atoms with Gasteiger partial charge in [0.15, 0.2) is 5.60 Å². The SMILES string of the molecule is COP(C)(=O)OC(C)(C)C(=O)O. The van der Waals surface area contributed by atoms with E-state index in [-0.39, 0.29) is 0 Å². The fourth-order valence-corrected chi connectivity index (χ4v) is 1.47. The van der Waals surface area contributed by atoms with Crippen molar-refractivity contribution in [3.8, 4) is 0 Å². The van der Waals surface area contributed by atoms with Crippen LogP contribution in [0.25, 0.3) is 0 Å². The van der Waals surface area contributed by atoms with Crippen LogP contribution in [0.3, 0.4) is 0 Å². The molecule has 12 heavy (non-hydrogen) atoms. The second-order valence-electron chi connectivity index (χ2n) is 2.86. The lowest BCUT2D eigenvalue weighted by Crippen LogP contribution is -2.33. The maximum Gasteiger partial charge on any atom is 0.335 e. The van der Waals surface area contributed by atoms with E-state index in [0.29, 0.717) is 0 Å². The van der Waals surface area contributed by atoms with Gasteiger partial charge in [-0.1, -0.05) is 0 Å². The van der Waals surface area contributed by atoms with Gasteiger partial charge in [-0.25, -0.2) is 4.79 Å². The summed E-state index contributed by atoms with van der Waals surface area (Å²) in [5.74, 6) is -1.18.